The van der Waals surface area contributed by atoms with E-state index in [0.717, 1.165) is 0 Å². The van der Waals surface area contributed by atoms with Crippen LogP contribution in [0.5, 0.6) is 0 Å². The normalized spacial score (nSPS) is 23.2. The van der Waals surface area contributed by atoms with E-state index < -0.39 is 0 Å². The Labute approximate surface area is 84.5 Å². The number of hydrogen-bond acceptors (Lipinski definition) is 2. The molecule has 2 aliphatic rings. The summed E-state index contributed by atoms with van der Waals surface area (Å²) in [6, 6.07) is 0. The fourth-order valence-electron chi connectivity index (χ4n) is 2.40. The van der Waals surface area contributed by atoms with Crippen LogP contribution in [-0.4, -0.2) is 16.6 Å². The van der Waals surface area contributed by atoms with E-state index in [0.29, 0.717) is 0 Å². The van der Waals surface area contributed by atoms with Crippen LogP contribution in [0.25, 0.3) is 0 Å². The Kier molecular flexibility index (Phi) is 1.71. The average Bonchev–Trinajstić information content (AvgIpc) is 2.91. The smallest absolute Gasteiger partial charge is 0.109 e. The standard InChI is InChI=1S/C11H17N3/c1-12-11(5-6-11)9-8-14-7-3-2-4-10(14)13-9/h8,12H,2-7H2,1H3. The maximum Gasteiger partial charge on any atom is 0.109 e. The van der Waals surface area contributed by atoms with Crippen molar-refractivity contribution < 1.29 is 0 Å². The van der Waals surface area contributed by atoms with E-state index in [1.165, 1.54) is 50.2 Å². The molecule has 76 valence electrons. The lowest BCUT2D eigenvalue weighted by atomic mass is 10.2. The van der Waals surface area contributed by atoms with Crippen LogP contribution in [0.3, 0.4) is 0 Å². The van der Waals surface area contributed by atoms with Crippen molar-refractivity contribution in [1.29, 1.82) is 0 Å². The highest BCUT2D eigenvalue weighted by molar-refractivity contribution is 5.23. The van der Waals surface area contributed by atoms with Gasteiger partial charge in [0, 0.05) is 19.2 Å². The lowest BCUT2D eigenvalue weighted by Crippen LogP contribution is -2.24. The summed E-state index contributed by atoms with van der Waals surface area (Å²) in [5.74, 6) is 1.30. The number of nitrogens with zero attached hydrogens (tertiary/aromatic N) is 2. The molecule has 0 radical (unpaired) electrons. The molecule has 0 unspecified atom stereocenters. The predicted octanol–water partition coefficient (Wildman–Crippen LogP) is 1.43. The Morgan fingerprint density at radius 2 is 2.29 bits per heavy atom. The zero-order valence-electron chi connectivity index (χ0n) is 8.71. The molecule has 0 spiro atoms. The molecule has 0 amide bonds. The summed E-state index contributed by atoms with van der Waals surface area (Å²) < 4.78 is 2.34. The Morgan fingerprint density at radius 1 is 1.43 bits per heavy atom. The van der Waals surface area contributed by atoms with Gasteiger partial charge in [0.2, 0.25) is 0 Å². The van der Waals surface area contributed by atoms with Crippen molar-refractivity contribution in [3.8, 4) is 0 Å². The molecule has 1 N–H and O–H groups in total. The molecule has 0 atom stereocenters. The van der Waals surface area contributed by atoms with Crippen LogP contribution in [-0.2, 0) is 18.5 Å². The van der Waals surface area contributed by atoms with Gasteiger partial charge in [0.1, 0.15) is 5.82 Å². The summed E-state index contributed by atoms with van der Waals surface area (Å²) >= 11 is 0. The minimum absolute atomic E-state index is 0.240. The average molecular weight is 191 g/mol. The van der Waals surface area contributed by atoms with Gasteiger partial charge in [-0.25, -0.2) is 4.98 Å². The molecule has 3 nitrogen and oxygen atoms in total. The highest BCUT2D eigenvalue weighted by Crippen LogP contribution is 2.44. The summed E-state index contributed by atoms with van der Waals surface area (Å²) in [6.45, 7) is 1.17. The van der Waals surface area contributed by atoms with Crippen molar-refractivity contribution in [3.05, 3.63) is 17.7 Å². The lowest BCUT2D eigenvalue weighted by molar-refractivity contribution is 0.522. The first-order valence-corrected chi connectivity index (χ1v) is 5.59. The first-order valence-electron chi connectivity index (χ1n) is 5.59. The highest BCUT2D eigenvalue weighted by atomic mass is 15.1. The molecule has 1 aromatic heterocycles. The van der Waals surface area contributed by atoms with Crippen molar-refractivity contribution in [2.45, 2.75) is 44.2 Å². The fraction of sp³-hybridized carbons (Fsp3) is 0.727. The second-order valence-corrected chi connectivity index (χ2v) is 4.52. The molecule has 3 rings (SSSR count). The van der Waals surface area contributed by atoms with Gasteiger partial charge >= 0.3 is 0 Å². The fourth-order valence-corrected chi connectivity index (χ4v) is 2.40. The Morgan fingerprint density at radius 3 is 2.93 bits per heavy atom. The zero-order chi connectivity index (χ0) is 9.60. The minimum atomic E-state index is 0.240. The summed E-state index contributed by atoms with van der Waals surface area (Å²) in [5, 5.41) is 3.40. The summed E-state index contributed by atoms with van der Waals surface area (Å²) in [4.78, 5) is 4.76. The van der Waals surface area contributed by atoms with Crippen LogP contribution in [0, 0.1) is 0 Å². The minimum Gasteiger partial charge on any atom is -0.335 e. The molecule has 0 aromatic carbocycles. The zero-order valence-corrected chi connectivity index (χ0v) is 8.71. The highest BCUT2D eigenvalue weighted by Gasteiger charge is 2.45. The van der Waals surface area contributed by atoms with Crippen LogP contribution in [0.2, 0.25) is 0 Å². The number of aryl methyl sites for hydroxylation is 2. The maximum atomic E-state index is 4.76. The van der Waals surface area contributed by atoms with Gasteiger partial charge in [-0.05, 0) is 32.7 Å². The van der Waals surface area contributed by atoms with Crippen LogP contribution in [0.1, 0.15) is 37.2 Å². The molecule has 1 saturated carbocycles. The molecule has 3 heteroatoms. The number of nitrogens with one attached hydrogen (secondary N) is 1. The third kappa shape index (κ3) is 1.12. The number of imidazole rings is 1. The lowest BCUT2D eigenvalue weighted by Gasteiger charge is -2.11. The molecule has 2 heterocycles. The molecular formula is C11H17N3. The van der Waals surface area contributed by atoms with Gasteiger partial charge in [-0.1, -0.05) is 0 Å². The topological polar surface area (TPSA) is 29.9 Å². The van der Waals surface area contributed by atoms with Crippen molar-refractivity contribution in [3.63, 3.8) is 0 Å². The van der Waals surface area contributed by atoms with Crippen molar-refractivity contribution in [2.75, 3.05) is 7.05 Å². The molecule has 1 aliphatic carbocycles. The largest absolute Gasteiger partial charge is 0.335 e. The molecule has 0 bridgehead atoms. The van der Waals surface area contributed by atoms with Gasteiger partial charge in [-0.3, -0.25) is 0 Å². The maximum absolute atomic E-state index is 4.76. The number of fused-ring (bicyclic) bond motifs is 1. The SMILES string of the molecule is CNC1(c2cn3c(n2)CCCC3)CC1. The van der Waals surface area contributed by atoms with E-state index in [-0.39, 0.29) is 5.54 Å². The predicted molar refractivity (Wildman–Crippen MR) is 55.1 cm³/mol. The monoisotopic (exact) mass is 191 g/mol. The van der Waals surface area contributed by atoms with Crippen LogP contribution < -0.4 is 5.32 Å². The number of hydrogen-bond donors (Lipinski definition) is 1. The van der Waals surface area contributed by atoms with Gasteiger partial charge < -0.3 is 9.88 Å². The third-order valence-corrected chi connectivity index (χ3v) is 3.63. The second kappa shape index (κ2) is 2.83. The Hall–Kier alpha value is -0.830. The van der Waals surface area contributed by atoms with Gasteiger partial charge in [-0.15, -0.1) is 0 Å². The molecule has 1 aromatic rings. The Bertz CT molecular complexity index is 326. The van der Waals surface area contributed by atoms with E-state index >= 15 is 0 Å². The van der Waals surface area contributed by atoms with Crippen molar-refractivity contribution in [1.82, 2.24) is 14.9 Å². The first-order chi connectivity index (χ1) is 6.84. The number of aromatic nitrogens is 2. The summed E-state index contributed by atoms with van der Waals surface area (Å²) in [5.41, 5.74) is 1.52. The molecule has 14 heavy (non-hydrogen) atoms. The molecule has 1 fully saturated rings. The van der Waals surface area contributed by atoms with E-state index in [1.54, 1.807) is 0 Å². The summed E-state index contributed by atoms with van der Waals surface area (Å²) in [6.07, 6.45) is 8.55. The first kappa shape index (κ1) is 8.48. The van der Waals surface area contributed by atoms with Gasteiger partial charge in [-0.2, -0.15) is 0 Å². The van der Waals surface area contributed by atoms with Crippen LogP contribution >= 0.6 is 0 Å². The molecular weight excluding hydrogens is 174 g/mol. The second-order valence-electron chi connectivity index (χ2n) is 4.52. The van der Waals surface area contributed by atoms with Crippen molar-refractivity contribution >= 4 is 0 Å². The van der Waals surface area contributed by atoms with Gasteiger partial charge in [0.05, 0.1) is 11.2 Å². The van der Waals surface area contributed by atoms with E-state index in [9.17, 15) is 0 Å². The van der Waals surface area contributed by atoms with Crippen LogP contribution in [0.4, 0.5) is 0 Å². The molecule has 1 aliphatic heterocycles. The summed E-state index contributed by atoms with van der Waals surface area (Å²) in [7, 11) is 2.05. The van der Waals surface area contributed by atoms with Crippen molar-refractivity contribution in [2.24, 2.45) is 0 Å². The van der Waals surface area contributed by atoms with Gasteiger partial charge in [0.25, 0.3) is 0 Å². The molecule has 0 saturated heterocycles. The number of rotatable bonds is 2. The quantitative estimate of drug-likeness (QED) is 0.766. The van der Waals surface area contributed by atoms with Crippen LogP contribution in [0.15, 0.2) is 6.20 Å². The van der Waals surface area contributed by atoms with E-state index in [2.05, 4.69) is 16.1 Å². The van der Waals surface area contributed by atoms with E-state index in [1.807, 2.05) is 7.05 Å². The van der Waals surface area contributed by atoms with E-state index in [4.69, 9.17) is 4.98 Å². The Balaban J connectivity index is 1.96. The third-order valence-electron chi connectivity index (χ3n) is 3.63. The van der Waals surface area contributed by atoms with Gasteiger partial charge in [0.15, 0.2) is 0 Å².